The lowest BCUT2D eigenvalue weighted by Gasteiger charge is -2.20. The van der Waals surface area contributed by atoms with E-state index in [4.69, 9.17) is 9.72 Å². The predicted molar refractivity (Wildman–Crippen MR) is 85.4 cm³/mol. The van der Waals surface area contributed by atoms with E-state index in [1.54, 1.807) is 7.11 Å². The van der Waals surface area contributed by atoms with Gasteiger partial charge in [0.05, 0.1) is 0 Å². The zero-order chi connectivity index (χ0) is 15.0. The summed E-state index contributed by atoms with van der Waals surface area (Å²) in [6, 6.07) is 4.87. The number of hydrogen-bond donors (Lipinski definition) is 1. The second-order valence-corrected chi connectivity index (χ2v) is 5.48. The van der Waals surface area contributed by atoms with E-state index in [1.165, 1.54) is 5.56 Å². The van der Waals surface area contributed by atoms with E-state index in [-0.39, 0.29) is 0 Å². The topological polar surface area (TPSA) is 37.4 Å². The molecule has 20 heavy (non-hydrogen) atoms. The van der Waals surface area contributed by atoms with Gasteiger partial charge in [0.1, 0.15) is 5.82 Å². The number of pyridine rings is 1. The van der Waals surface area contributed by atoms with Gasteiger partial charge in [0.25, 0.3) is 0 Å². The Kier molecular flexibility index (Phi) is 7.55. The molecule has 1 rings (SSSR count). The zero-order valence-electron chi connectivity index (χ0n) is 13.6. The van der Waals surface area contributed by atoms with Gasteiger partial charge in [-0.05, 0) is 30.5 Å². The first-order valence-corrected chi connectivity index (χ1v) is 7.50. The molecule has 1 heterocycles. The summed E-state index contributed by atoms with van der Waals surface area (Å²) in [5.41, 5.74) is 2.46. The monoisotopic (exact) mass is 279 g/mol. The molecule has 0 radical (unpaired) electrons. The molecule has 1 aromatic heterocycles. The van der Waals surface area contributed by atoms with Gasteiger partial charge in [0.2, 0.25) is 0 Å². The molecule has 0 atom stereocenters. The van der Waals surface area contributed by atoms with E-state index >= 15 is 0 Å². The van der Waals surface area contributed by atoms with Gasteiger partial charge in [0, 0.05) is 45.6 Å². The van der Waals surface area contributed by atoms with Gasteiger partial charge in [-0.2, -0.15) is 0 Å². The van der Waals surface area contributed by atoms with E-state index in [9.17, 15) is 0 Å². The third-order valence-corrected chi connectivity index (χ3v) is 3.23. The van der Waals surface area contributed by atoms with E-state index in [1.807, 2.05) is 0 Å². The van der Waals surface area contributed by atoms with Gasteiger partial charge in [-0.3, -0.25) is 0 Å². The van der Waals surface area contributed by atoms with Gasteiger partial charge in [-0.25, -0.2) is 4.98 Å². The number of nitrogens with one attached hydrogen (secondary N) is 1. The van der Waals surface area contributed by atoms with Crippen LogP contribution in [0.5, 0.6) is 0 Å². The lowest BCUT2D eigenvalue weighted by Crippen LogP contribution is -2.24. The van der Waals surface area contributed by atoms with Crippen LogP contribution in [0.25, 0.3) is 0 Å². The summed E-state index contributed by atoms with van der Waals surface area (Å²) in [7, 11) is 3.84. The minimum absolute atomic E-state index is 0.496. The average molecular weight is 279 g/mol. The van der Waals surface area contributed by atoms with Crippen LogP contribution in [0.1, 0.15) is 38.4 Å². The first-order chi connectivity index (χ1) is 9.56. The third kappa shape index (κ3) is 5.88. The van der Waals surface area contributed by atoms with Crippen molar-refractivity contribution in [3.8, 4) is 0 Å². The average Bonchev–Trinajstić information content (AvgIpc) is 2.44. The molecule has 0 aliphatic carbocycles. The molecular formula is C16H29N3O. The Balaban J connectivity index is 2.75. The Bertz CT molecular complexity index is 393. The Labute approximate surface area is 123 Å². The van der Waals surface area contributed by atoms with Gasteiger partial charge in [0.15, 0.2) is 0 Å². The van der Waals surface area contributed by atoms with Crippen molar-refractivity contribution >= 4 is 5.82 Å². The fraction of sp³-hybridized carbons (Fsp3) is 0.688. The molecule has 0 aliphatic rings. The highest BCUT2D eigenvalue weighted by atomic mass is 16.5. The van der Waals surface area contributed by atoms with Crippen LogP contribution in [0, 0.1) is 0 Å². The number of ether oxygens (including phenoxy) is 1. The second kappa shape index (κ2) is 8.93. The van der Waals surface area contributed by atoms with Crippen molar-refractivity contribution in [2.24, 2.45) is 0 Å². The number of rotatable bonds is 9. The molecule has 1 N–H and O–H groups in total. The van der Waals surface area contributed by atoms with Crippen molar-refractivity contribution in [2.75, 3.05) is 32.2 Å². The number of hydrogen-bond acceptors (Lipinski definition) is 4. The maximum absolute atomic E-state index is 5.10. The molecule has 0 aliphatic heterocycles. The quantitative estimate of drug-likeness (QED) is 0.705. The van der Waals surface area contributed by atoms with Gasteiger partial charge < -0.3 is 15.0 Å². The van der Waals surface area contributed by atoms with Crippen LogP contribution in [0.4, 0.5) is 5.82 Å². The van der Waals surface area contributed by atoms with E-state index < -0.39 is 0 Å². The lowest BCUT2D eigenvalue weighted by atomic mass is 10.1. The minimum atomic E-state index is 0.496. The standard InChI is InChI=1S/C16H29N3O/c1-6-15-10-14(12-17-13(2)3)11-16(18-15)19(4)8-7-9-20-5/h10-11,13,17H,6-9,12H2,1-5H3. The van der Waals surface area contributed by atoms with Crippen LogP contribution < -0.4 is 10.2 Å². The molecule has 0 spiro atoms. The van der Waals surface area contributed by atoms with Gasteiger partial charge in [-0.1, -0.05) is 20.8 Å². The zero-order valence-corrected chi connectivity index (χ0v) is 13.6. The molecule has 0 amide bonds. The summed E-state index contributed by atoms with van der Waals surface area (Å²) in [5.74, 6) is 1.06. The summed E-state index contributed by atoms with van der Waals surface area (Å²) in [6.45, 7) is 9.13. The largest absolute Gasteiger partial charge is 0.385 e. The number of aromatic nitrogens is 1. The molecule has 0 aromatic carbocycles. The molecule has 0 saturated heterocycles. The molecule has 0 bridgehead atoms. The number of methoxy groups -OCH3 is 1. The molecule has 4 nitrogen and oxygen atoms in total. The molecule has 0 saturated carbocycles. The van der Waals surface area contributed by atoms with Crippen LogP contribution in [0.2, 0.25) is 0 Å². The van der Waals surface area contributed by atoms with Gasteiger partial charge in [-0.15, -0.1) is 0 Å². The summed E-state index contributed by atoms with van der Waals surface area (Å²) < 4.78 is 5.10. The minimum Gasteiger partial charge on any atom is -0.385 e. The highest BCUT2D eigenvalue weighted by Gasteiger charge is 2.07. The summed E-state index contributed by atoms with van der Waals surface area (Å²) in [5, 5.41) is 3.47. The summed E-state index contributed by atoms with van der Waals surface area (Å²) in [6.07, 6.45) is 1.99. The number of nitrogens with zero attached hydrogens (tertiary/aromatic N) is 2. The maximum Gasteiger partial charge on any atom is 0.128 e. The Morgan fingerprint density at radius 2 is 2.10 bits per heavy atom. The lowest BCUT2D eigenvalue weighted by molar-refractivity contribution is 0.196. The molecule has 0 fully saturated rings. The first-order valence-electron chi connectivity index (χ1n) is 7.50. The third-order valence-electron chi connectivity index (χ3n) is 3.23. The molecule has 0 unspecified atom stereocenters. The van der Waals surface area contributed by atoms with Crippen molar-refractivity contribution in [1.82, 2.24) is 10.3 Å². The number of aryl methyl sites for hydroxylation is 1. The molecular weight excluding hydrogens is 250 g/mol. The van der Waals surface area contributed by atoms with E-state index in [0.29, 0.717) is 6.04 Å². The fourth-order valence-corrected chi connectivity index (χ4v) is 1.99. The van der Waals surface area contributed by atoms with Crippen LogP contribution in [0.15, 0.2) is 12.1 Å². The van der Waals surface area contributed by atoms with Crippen molar-refractivity contribution in [3.63, 3.8) is 0 Å². The van der Waals surface area contributed by atoms with Crippen molar-refractivity contribution in [2.45, 2.75) is 46.2 Å². The van der Waals surface area contributed by atoms with Crippen molar-refractivity contribution in [1.29, 1.82) is 0 Å². The van der Waals surface area contributed by atoms with Crippen LogP contribution in [0.3, 0.4) is 0 Å². The normalized spacial score (nSPS) is 11.1. The van der Waals surface area contributed by atoms with E-state index in [2.05, 4.69) is 50.2 Å². The Morgan fingerprint density at radius 3 is 2.70 bits per heavy atom. The predicted octanol–water partition coefficient (Wildman–Crippen LogP) is 2.61. The van der Waals surface area contributed by atoms with E-state index in [0.717, 1.165) is 44.0 Å². The van der Waals surface area contributed by atoms with Crippen LogP contribution in [-0.4, -0.2) is 38.3 Å². The smallest absolute Gasteiger partial charge is 0.128 e. The summed E-state index contributed by atoms with van der Waals surface area (Å²) in [4.78, 5) is 6.92. The molecule has 4 heteroatoms. The Morgan fingerprint density at radius 1 is 1.35 bits per heavy atom. The van der Waals surface area contributed by atoms with Crippen molar-refractivity contribution in [3.05, 3.63) is 23.4 Å². The van der Waals surface area contributed by atoms with Crippen molar-refractivity contribution < 1.29 is 4.74 Å². The molecule has 114 valence electrons. The fourth-order valence-electron chi connectivity index (χ4n) is 1.99. The second-order valence-electron chi connectivity index (χ2n) is 5.48. The van der Waals surface area contributed by atoms with Crippen LogP contribution in [-0.2, 0) is 17.7 Å². The van der Waals surface area contributed by atoms with Gasteiger partial charge >= 0.3 is 0 Å². The number of anilines is 1. The molecule has 1 aromatic rings. The SMILES string of the molecule is CCc1cc(CNC(C)C)cc(N(C)CCCOC)n1. The highest BCUT2D eigenvalue weighted by Crippen LogP contribution is 2.15. The highest BCUT2D eigenvalue weighted by molar-refractivity contribution is 5.42. The first kappa shape index (κ1) is 16.9. The maximum atomic E-state index is 5.10. The van der Waals surface area contributed by atoms with Crippen LogP contribution >= 0.6 is 0 Å². The Hall–Kier alpha value is -1.13. The summed E-state index contributed by atoms with van der Waals surface area (Å²) >= 11 is 0.